The number of para-hydroxylation sites is 1. The normalized spacial score (nSPS) is 14.8. The van der Waals surface area contributed by atoms with Crippen molar-refractivity contribution in [2.24, 2.45) is 0 Å². The summed E-state index contributed by atoms with van der Waals surface area (Å²) >= 11 is 7.85. The number of benzene rings is 1. The second-order valence-electron chi connectivity index (χ2n) is 5.81. The molecule has 0 N–H and O–H groups in total. The number of halogens is 1. The largest absolute Gasteiger partial charge is 0.219 e. The van der Waals surface area contributed by atoms with Gasteiger partial charge in [0, 0.05) is 5.39 Å². The Morgan fingerprint density at radius 2 is 2.08 bits per heavy atom. The molecule has 3 aromatic heterocycles. The van der Waals surface area contributed by atoms with Gasteiger partial charge in [0.25, 0.3) is 0 Å². The topological polar surface area (TPSA) is 73.8 Å². The summed E-state index contributed by atoms with van der Waals surface area (Å²) in [6, 6.07) is 8.43. The molecular formula is C15H12ClN7S. The Morgan fingerprint density at radius 1 is 1.25 bits per heavy atom. The van der Waals surface area contributed by atoms with Crippen molar-refractivity contribution in [3.63, 3.8) is 0 Å². The van der Waals surface area contributed by atoms with Crippen molar-refractivity contribution in [2.45, 2.75) is 36.0 Å². The maximum atomic E-state index is 6.39. The van der Waals surface area contributed by atoms with E-state index in [1.807, 2.05) is 35.9 Å². The van der Waals surface area contributed by atoms with Gasteiger partial charge in [-0.3, -0.25) is 0 Å². The molecule has 0 spiro atoms. The molecule has 1 aromatic carbocycles. The predicted molar refractivity (Wildman–Crippen MR) is 90.5 cm³/mol. The molecule has 0 atom stereocenters. The van der Waals surface area contributed by atoms with Gasteiger partial charge >= 0.3 is 0 Å². The van der Waals surface area contributed by atoms with Crippen LogP contribution in [0.15, 0.2) is 34.4 Å². The first-order chi connectivity index (χ1) is 11.7. The summed E-state index contributed by atoms with van der Waals surface area (Å²) in [4.78, 5) is 4.74. The Kier molecular flexibility index (Phi) is 3.04. The van der Waals surface area contributed by atoms with Gasteiger partial charge in [0.05, 0.1) is 17.3 Å². The molecule has 0 unspecified atom stereocenters. The number of aromatic nitrogens is 7. The lowest BCUT2D eigenvalue weighted by molar-refractivity contribution is 0.565. The summed E-state index contributed by atoms with van der Waals surface area (Å²) in [5, 5.41) is 19.7. The molecule has 120 valence electrons. The van der Waals surface area contributed by atoms with Gasteiger partial charge in [0.1, 0.15) is 10.0 Å². The highest BCUT2D eigenvalue weighted by molar-refractivity contribution is 7.99. The lowest BCUT2D eigenvalue weighted by atomic mass is 10.2. The average molecular weight is 358 g/mol. The Hall–Kier alpha value is -2.19. The van der Waals surface area contributed by atoms with Gasteiger partial charge in [-0.05, 0) is 48.0 Å². The quantitative estimate of drug-likeness (QED) is 0.524. The highest BCUT2D eigenvalue weighted by atomic mass is 35.5. The Morgan fingerprint density at radius 3 is 2.92 bits per heavy atom. The van der Waals surface area contributed by atoms with Crippen molar-refractivity contribution in [1.29, 1.82) is 0 Å². The Bertz CT molecular complexity index is 1080. The molecule has 5 rings (SSSR count). The van der Waals surface area contributed by atoms with Crippen molar-refractivity contribution >= 4 is 39.9 Å². The number of nitrogens with zero attached hydrogens (tertiary/aromatic N) is 7. The van der Waals surface area contributed by atoms with E-state index in [1.165, 1.54) is 11.8 Å². The minimum atomic E-state index is 0.415. The molecule has 1 saturated carbocycles. The number of aryl methyl sites for hydroxylation is 1. The Labute approximate surface area is 146 Å². The van der Waals surface area contributed by atoms with E-state index in [9.17, 15) is 0 Å². The summed E-state index contributed by atoms with van der Waals surface area (Å²) in [6.45, 7) is 1.88. The second-order valence-corrected chi connectivity index (χ2v) is 7.14. The fourth-order valence-corrected chi connectivity index (χ4v) is 3.83. The monoisotopic (exact) mass is 357 g/mol. The lowest BCUT2D eigenvalue weighted by Crippen LogP contribution is -2.00. The standard InChI is InChI=1S/C15H12ClN7S/c1-8-12(16)13-17-14(10-4-2-3-5-11(10)23(13)19-8)24-15-18-20-21-22(15)9-6-7-9/h2-5,9H,6-7H2,1H3. The minimum Gasteiger partial charge on any atom is -0.219 e. The molecular weight excluding hydrogens is 346 g/mol. The van der Waals surface area contributed by atoms with E-state index in [2.05, 4.69) is 20.6 Å². The van der Waals surface area contributed by atoms with Crippen molar-refractivity contribution in [3.8, 4) is 0 Å². The number of tetrazole rings is 1. The van der Waals surface area contributed by atoms with E-state index in [4.69, 9.17) is 16.6 Å². The minimum absolute atomic E-state index is 0.415. The van der Waals surface area contributed by atoms with Gasteiger partial charge in [0.2, 0.25) is 5.16 Å². The molecule has 0 radical (unpaired) electrons. The molecule has 3 heterocycles. The average Bonchev–Trinajstić information content (AvgIpc) is 3.28. The number of hydrogen-bond donors (Lipinski definition) is 0. The van der Waals surface area contributed by atoms with Crippen LogP contribution in [0.3, 0.4) is 0 Å². The molecule has 9 heteroatoms. The molecule has 1 aliphatic rings. The highest BCUT2D eigenvalue weighted by Crippen LogP contribution is 2.39. The van der Waals surface area contributed by atoms with E-state index in [-0.39, 0.29) is 0 Å². The van der Waals surface area contributed by atoms with E-state index in [0.717, 1.165) is 39.6 Å². The van der Waals surface area contributed by atoms with Gasteiger partial charge in [-0.1, -0.05) is 29.8 Å². The van der Waals surface area contributed by atoms with E-state index in [0.29, 0.717) is 16.7 Å². The molecule has 0 saturated heterocycles. The van der Waals surface area contributed by atoms with Gasteiger partial charge < -0.3 is 0 Å². The fourth-order valence-electron chi connectivity index (χ4n) is 2.72. The van der Waals surface area contributed by atoms with E-state index < -0.39 is 0 Å². The first kappa shape index (κ1) is 14.2. The summed E-state index contributed by atoms with van der Waals surface area (Å²) in [7, 11) is 0. The zero-order valence-electron chi connectivity index (χ0n) is 12.7. The van der Waals surface area contributed by atoms with Crippen LogP contribution in [-0.2, 0) is 0 Å². The third-order valence-corrected chi connectivity index (χ3v) is 5.48. The summed E-state index contributed by atoms with van der Waals surface area (Å²) < 4.78 is 3.68. The molecule has 0 bridgehead atoms. The Balaban J connectivity index is 1.73. The molecule has 1 fully saturated rings. The zero-order valence-corrected chi connectivity index (χ0v) is 14.3. The lowest BCUT2D eigenvalue weighted by Gasteiger charge is -2.07. The van der Waals surface area contributed by atoms with Crippen LogP contribution in [-0.4, -0.2) is 34.8 Å². The third-order valence-electron chi connectivity index (χ3n) is 4.08. The van der Waals surface area contributed by atoms with Crippen LogP contribution in [0.4, 0.5) is 0 Å². The van der Waals surface area contributed by atoms with Gasteiger partial charge in [-0.2, -0.15) is 5.10 Å². The summed E-state index contributed by atoms with van der Waals surface area (Å²) in [6.07, 6.45) is 2.25. The fraction of sp³-hybridized carbons (Fsp3) is 0.267. The van der Waals surface area contributed by atoms with Gasteiger partial charge in [-0.15, -0.1) is 5.10 Å². The van der Waals surface area contributed by atoms with Crippen LogP contribution in [0.5, 0.6) is 0 Å². The second kappa shape index (κ2) is 5.15. The summed E-state index contributed by atoms with van der Waals surface area (Å²) in [5.74, 6) is 0. The first-order valence-corrected chi connectivity index (χ1v) is 8.81. The number of rotatable bonds is 3. The van der Waals surface area contributed by atoms with Crippen molar-refractivity contribution < 1.29 is 0 Å². The van der Waals surface area contributed by atoms with Crippen molar-refractivity contribution in [2.75, 3.05) is 0 Å². The van der Waals surface area contributed by atoms with Gasteiger partial charge in [0.15, 0.2) is 5.65 Å². The molecule has 24 heavy (non-hydrogen) atoms. The first-order valence-electron chi connectivity index (χ1n) is 7.61. The van der Waals surface area contributed by atoms with Crippen molar-refractivity contribution in [3.05, 3.63) is 35.0 Å². The molecule has 1 aliphatic carbocycles. The van der Waals surface area contributed by atoms with Crippen LogP contribution >= 0.6 is 23.4 Å². The highest BCUT2D eigenvalue weighted by Gasteiger charge is 2.28. The maximum Gasteiger partial charge on any atom is 0.215 e. The van der Waals surface area contributed by atoms with Gasteiger partial charge in [-0.25, -0.2) is 14.2 Å². The number of hydrogen-bond acceptors (Lipinski definition) is 6. The van der Waals surface area contributed by atoms with Crippen LogP contribution < -0.4 is 0 Å². The zero-order chi connectivity index (χ0) is 16.3. The summed E-state index contributed by atoms with van der Waals surface area (Å²) in [5.41, 5.74) is 2.38. The molecule has 4 aromatic rings. The molecule has 7 nitrogen and oxygen atoms in total. The maximum absolute atomic E-state index is 6.39. The third kappa shape index (κ3) is 2.10. The van der Waals surface area contributed by atoms with E-state index in [1.54, 1.807) is 4.52 Å². The molecule has 0 aliphatic heterocycles. The van der Waals surface area contributed by atoms with Crippen LogP contribution in [0.25, 0.3) is 16.6 Å². The molecule has 0 amide bonds. The predicted octanol–water partition coefficient (Wildman–Crippen LogP) is 3.32. The van der Waals surface area contributed by atoms with Crippen LogP contribution in [0.2, 0.25) is 5.02 Å². The SMILES string of the molecule is Cc1nn2c(nc(Sc3nnnn3C3CC3)c3ccccc32)c1Cl. The van der Waals surface area contributed by atoms with Crippen LogP contribution in [0.1, 0.15) is 24.6 Å². The van der Waals surface area contributed by atoms with E-state index >= 15 is 0 Å². The van der Waals surface area contributed by atoms with Crippen molar-refractivity contribution in [1.82, 2.24) is 34.8 Å². The smallest absolute Gasteiger partial charge is 0.215 e. The van der Waals surface area contributed by atoms with Crippen LogP contribution in [0, 0.1) is 6.92 Å². The number of fused-ring (bicyclic) bond motifs is 3.